The molecule has 9 nitrogen and oxygen atoms in total. The number of amides is 1. The number of hydrogen-bond donors (Lipinski definition) is 0. The Morgan fingerprint density at radius 1 is 0.970 bits per heavy atom. The predicted molar refractivity (Wildman–Crippen MR) is 125 cm³/mol. The van der Waals surface area contributed by atoms with E-state index in [2.05, 4.69) is 15.0 Å². The summed E-state index contributed by atoms with van der Waals surface area (Å²) in [6.45, 7) is 2.39. The molecular weight excluding hydrogens is 420 g/mol. The molecule has 0 N–H and O–H groups in total. The van der Waals surface area contributed by atoms with Crippen LogP contribution in [0.1, 0.15) is 10.5 Å². The molecule has 1 amide bonds. The molecule has 0 spiro atoms. The average molecular weight is 444 g/mol. The van der Waals surface area contributed by atoms with Crippen LogP contribution in [0.2, 0.25) is 0 Å². The first kappa shape index (κ1) is 20.7. The molecule has 168 valence electrons. The van der Waals surface area contributed by atoms with Gasteiger partial charge in [0.1, 0.15) is 11.3 Å². The number of ether oxygens (including phenoxy) is 1. The van der Waals surface area contributed by atoms with E-state index in [0.29, 0.717) is 42.9 Å². The Morgan fingerprint density at radius 2 is 1.67 bits per heavy atom. The van der Waals surface area contributed by atoms with Crippen molar-refractivity contribution in [1.82, 2.24) is 24.2 Å². The van der Waals surface area contributed by atoms with Crippen LogP contribution in [0.4, 0.5) is 5.69 Å². The summed E-state index contributed by atoms with van der Waals surface area (Å²) in [5.74, 6) is 0.583. The number of carbonyl (C=O) groups excluding carboxylic acids is 1. The van der Waals surface area contributed by atoms with Crippen LogP contribution in [-0.2, 0) is 7.05 Å². The van der Waals surface area contributed by atoms with E-state index in [1.165, 1.54) is 15.6 Å². The van der Waals surface area contributed by atoms with Crippen molar-refractivity contribution < 1.29 is 9.53 Å². The molecule has 1 aliphatic rings. The van der Waals surface area contributed by atoms with Crippen LogP contribution in [0.3, 0.4) is 0 Å². The third-order valence-electron chi connectivity index (χ3n) is 5.94. The molecule has 9 heteroatoms. The summed E-state index contributed by atoms with van der Waals surface area (Å²) in [5, 5.41) is 4.56. The fourth-order valence-corrected chi connectivity index (χ4v) is 4.18. The van der Waals surface area contributed by atoms with Crippen molar-refractivity contribution in [3.8, 4) is 11.4 Å². The number of rotatable bonds is 4. The van der Waals surface area contributed by atoms with Crippen LogP contribution in [0.15, 0.2) is 65.7 Å². The quantitative estimate of drug-likeness (QED) is 0.479. The van der Waals surface area contributed by atoms with Gasteiger partial charge in [-0.15, -0.1) is 0 Å². The fraction of sp³-hybridized carbons (Fsp3) is 0.250. The zero-order chi connectivity index (χ0) is 22.9. The topological polar surface area (TPSA) is 85.5 Å². The number of anilines is 1. The smallest absolute Gasteiger partial charge is 0.279 e. The van der Waals surface area contributed by atoms with Crippen molar-refractivity contribution in [2.45, 2.75) is 0 Å². The highest BCUT2D eigenvalue weighted by atomic mass is 16.5. The molecule has 1 aliphatic heterocycles. The number of methoxy groups -OCH3 is 1. The second-order valence-electron chi connectivity index (χ2n) is 7.90. The highest BCUT2D eigenvalue weighted by molar-refractivity contribution is 6.03. The number of benzene rings is 2. The van der Waals surface area contributed by atoms with Crippen molar-refractivity contribution in [3.63, 3.8) is 0 Å². The van der Waals surface area contributed by atoms with Gasteiger partial charge in [-0.2, -0.15) is 5.10 Å². The van der Waals surface area contributed by atoms with Gasteiger partial charge >= 0.3 is 0 Å². The number of aromatic nitrogens is 4. The third kappa shape index (κ3) is 3.61. The summed E-state index contributed by atoms with van der Waals surface area (Å²) in [5.41, 5.74) is 2.26. The van der Waals surface area contributed by atoms with Crippen LogP contribution in [0.25, 0.3) is 16.7 Å². The molecule has 1 saturated heterocycles. The Labute approximate surface area is 190 Å². The summed E-state index contributed by atoms with van der Waals surface area (Å²) in [6, 6.07) is 17.2. The summed E-state index contributed by atoms with van der Waals surface area (Å²) < 4.78 is 8.39. The number of carbonyl (C=O) groups is 1. The first-order valence-electron chi connectivity index (χ1n) is 10.8. The van der Waals surface area contributed by atoms with Gasteiger partial charge in [0.2, 0.25) is 0 Å². The van der Waals surface area contributed by atoms with Gasteiger partial charge in [-0.25, -0.2) is 9.67 Å². The van der Waals surface area contributed by atoms with Gasteiger partial charge in [0.25, 0.3) is 11.5 Å². The van der Waals surface area contributed by atoms with Gasteiger partial charge in [-0.3, -0.25) is 9.59 Å². The maximum atomic E-state index is 13.5. The Kier molecular flexibility index (Phi) is 5.29. The molecule has 33 heavy (non-hydrogen) atoms. The first-order valence-corrected chi connectivity index (χ1v) is 10.8. The number of fused-ring (bicyclic) bond motifs is 1. The number of nitrogens with zero attached hydrogens (tertiary/aromatic N) is 6. The van der Waals surface area contributed by atoms with E-state index in [0.717, 1.165) is 11.4 Å². The number of para-hydroxylation sites is 3. The standard InChI is InChI=1S/C24H24N6O3/c1-27-16-25-20-21(26-30(22(20)24(27)32)17-8-4-3-5-9-17)23(31)29-14-12-28(13-15-29)18-10-6-7-11-19(18)33-2/h3-11,16H,12-15H2,1-2H3. The summed E-state index contributed by atoms with van der Waals surface area (Å²) in [6.07, 6.45) is 1.43. The lowest BCUT2D eigenvalue weighted by Crippen LogP contribution is -2.49. The molecule has 0 aliphatic carbocycles. The molecule has 3 heterocycles. The van der Waals surface area contributed by atoms with E-state index < -0.39 is 0 Å². The van der Waals surface area contributed by atoms with E-state index in [-0.39, 0.29) is 17.2 Å². The molecule has 4 aromatic rings. The number of aryl methyl sites for hydroxylation is 1. The second kappa shape index (κ2) is 8.42. The lowest BCUT2D eigenvalue weighted by molar-refractivity contribution is 0.0742. The first-order chi connectivity index (χ1) is 16.1. The van der Waals surface area contributed by atoms with Crippen molar-refractivity contribution in [1.29, 1.82) is 0 Å². The molecule has 2 aromatic heterocycles. The Hall–Kier alpha value is -4.14. The molecule has 5 rings (SSSR count). The van der Waals surface area contributed by atoms with E-state index in [1.54, 1.807) is 19.1 Å². The minimum absolute atomic E-state index is 0.192. The SMILES string of the molecule is COc1ccccc1N1CCN(C(=O)c2nn(-c3ccccc3)c3c(=O)n(C)cnc23)CC1. The maximum Gasteiger partial charge on any atom is 0.279 e. The normalized spacial score (nSPS) is 14.0. The molecular formula is C24H24N6O3. The summed E-state index contributed by atoms with van der Waals surface area (Å²) >= 11 is 0. The van der Waals surface area contributed by atoms with Crippen molar-refractivity contribution >= 4 is 22.6 Å². The van der Waals surface area contributed by atoms with Crippen LogP contribution in [0.5, 0.6) is 5.75 Å². The predicted octanol–water partition coefficient (Wildman–Crippen LogP) is 2.09. The van der Waals surface area contributed by atoms with Gasteiger partial charge in [-0.05, 0) is 24.3 Å². The van der Waals surface area contributed by atoms with E-state index in [4.69, 9.17) is 4.74 Å². The molecule has 0 unspecified atom stereocenters. The van der Waals surface area contributed by atoms with Crippen molar-refractivity contribution in [2.75, 3.05) is 38.2 Å². The number of hydrogen-bond acceptors (Lipinski definition) is 6. The highest BCUT2D eigenvalue weighted by Gasteiger charge is 2.29. The molecule has 1 fully saturated rings. The van der Waals surface area contributed by atoms with Crippen LogP contribution in [0, 0.1) is 0 Å². The zero-order valence-electron chi connectivity index (χ0n) is 18.5. The minimum atomic E-state index is -0.253. The Balaban J connectivity index is 1.46. The van der Waals surface area contributed by atoms with Crippen LogP contribution >= 0.6 is 0 Å². The minimum Gasteiger partial charge on any atom is -0.495 e. The van der Waals surface area contributed by atoms with E-state index in [1.807, 2.05) is 54.6 Å². The summed E-state index contributed by atoms with van der Waals surface area (Å²) in [4.78, 5) is 34.8. The third-order valence-corrected chi connectivity index (χ3v) is 5.94. The average Bonchev–Trinajstić information content (AvgIpc) is 3.27. The van der Waals surface area contributed by atoms with Crippen molar-refractivity contribution in [3.05, 3.63) is 77.0 Å². The van der Waals surface area contributed by atoms with Gasteiger partial charge in [-0.1, -0.05) is 30.3 Å². The molecule has 0 bridgehead atoms. The van der Waals surface area contributed by atoms with E-state index >= 15 is 0 Å². The Morgan fingerprint density at radius 3 is 2.39 bits per heavy atom. The van der Waals surface area contributed by atoms with E-state index in [9.17, 15) is 9.59 Å². The molecule has 0 saturated carbocycles. The zero-order valence-corrected chi connectivity index (χ0v) is 18.5. The highest BCUT2D eigenvalue weighted by Crippen LogP contribution is 2.29. The molecule has 2 aromatic carbocycles. The second-order valence-corrected chi connectivity index (χ2v) is 7.90. The maximum absolute atomic E-state index is 13.5. The van der Waals surface area contributed by atoms with Crippen LogP contribution in [-0.4, -0.2) is 63.4 Å². The Bertz CT molecular complexity index is 1370. The van der Waals surface area contributed by atoms with Gasteiger partial charge in [0.05, 0.1) is 24.8 Å². The van der Waals surface area contributed by atoms with Gasteiger partial charge in [0, 0.05) is 33.2 Å². The number of piperazine rings is 1. The lowest BCUT2D eigenvalue weighted by atomic mass is 10.2. The molecule has 0 atom stereocenters. The lowest BCUT2D eigenvalue weighted by Gasteiger charge is -2.36. The van der Waals surface area contributed by atoms with Gasteiger partial charge < -0.3 is 19.1 Å². The monoisotopic (exact) mass is 444 g/mol. The fourth-order valence-electron chi connectivity index (χ4n) is 4.18. The largest absolute Gasteiger partial charge is 0.495 e. The molecule has 0 radical (unpaired) electrons. The summed E-state index contributed by atoms with van der Waals surface area (Å²) in [7, 11) is 3.29. The van der Waals surface area contributed by atoms with Crippen LogP contribution < -0.4 is 15.2 Å². The van der Waals surface area contributed by atoms with Gasteiger partial charge in [0.15, 0.2) is 11.2 Å². The van der Waals surface area contributed by atoms with Crippen molar-refractivity contribution in [2.24, 2.45) is 7.05 Å².